The van der Waals surface area contributed by atoms with Crippen LogP contribution in [0.3, 0.4) is 0 Å². The van der Waals surface area contributed by atoms with Gasteiger partial charge >= 0.3 is 0 Å². The molecule has 0 saturated heterocycles. The van der Waals surface area contributed by atoms with Crippen molar-refractivity contribution < 1.29 is 0 Å². The molecule has 1 aromatic heterocycles. The molecule has 1 aliphatic rings. The molecule has 0 amide bonds. The Labute approximate surface area is 87.5 Å². The Kier molecular flexibility index (Phi) is 2.83. The highest BCUT2D eigenvalue weighted by atomic mass is 32.2. The second-order valence-electron chi connectivity index (χ2n) is 3.59. The minimum Gasteiger partial charge on any atom is -0.254 e. The van der Waals surface area contributed by atoms with Gasteiger partial charge in [0.15, 0.2) is 5.16 Å². The van der Waals surface area contributed by atoms with Gasteiger partial charge in [-0.25, -0.2) is 4.98 Å². The third-order valence-corrected chi connectivity index (χ3v) is 4.56. The van der Waals surface area contributed by atoms with Crippen LogP contribution in [-0.4, -0.2) is 26.7 Å². The van der Waals surface area contributed by atoms with Gasteiger partial charge in [0.2, 0.25) is 0 Å². The lowest BCUT2D eigenvalue weighted by Crippen LogP contribution is -2.33. The Hall–Kier alpha value is -0.160. The molecule has 1 heterocycles. The molecular formula is C8H13N3S2. The van der Waals surface area contributed by atoms with E-state index in [-0.39, 0.29) is 0 Å². The zero-order valence-corrected chi connectivity index (χ0v) is 9.07. The highest BCUT2D eigenvalue weighted by molar-refractivity contribution is 7.99. The first-order valence-corrected chi connectivity index (χ1v) is 6.05. The summed E-state index contributed by atoms with van der Waals surface area (Å²) in [6, 6.07) is 0. The number of hydrogen-bond donors (Lipinski definition) is 2. The average molecular weight is 215 g/mol. The molecule has 1 aromatic rings. The highest BCUT2D eigenvalue weighted by Gasteiger charge is 2.35. The molecule has 0 aliphatic heterocycles. The number of hydrogen-bond acceptors (Lipinski definition) is 4. The van der Waals surface area contributed by atoms with E-state index in [4.69, 9.17) is 0 Å². The van der Waals surface area contributed by atoms with Gasteiger partial charge in [-0.2, -0.15) is 17.7 Å². The van der Waals surface area contributed by atoms with Gasteiger partial charge in [-0.3, -0.25) is 5.10 Å². The SMILES string of the molecule is SCC1(CSc2ncn[nH]2)CCC1. The maximum atomic E-state index is 4.40. The van der Waals surface area contributed by atoms with Crippen LogP contribution in [0.4, 0.5) is 0 Å². The molecular weight excluding hydrogens is 202 g/mol. The number of rotatable bonds is 4. The number of H-pyrrole nitrogens is 1. The van der Waals surface area contributed by atoms with Crippen LogP contribution in [0.25, 0.3) is 0 Å². The number of thiol groups is 1. The number of thioether (sulfide) groups is 1. The summed E-state index contributed by atoms with van der Waals surface area (Å²) in [5, 5.41) is 7.60. The summed E-state index contributed by atoms with van der Waals surface area (Å²) >= 11 is 6.16. The van der Waals surface area contributed by atoms with Gasteiger partial charge < -0.3 is 0 Å². The molecule has 0 unspecified atom stereocenters. The lowest BCUT2D eigenvalue weighted by Gasteiger charge is -2.40. The van der Waals surface area contributed by atoms with Crippen LogP contribution in [0.15, 0.2) is 11.5 Å². The second-order valence-corrected chi connectivity index (χ2v) is 4.87. The van der Waals surface area contributed by atoms with Gasteiger partial charge in [0.25, 0.3) is 0 Å². The molecule has 72 valence electrons. The molecule has 0 aromatic carbocycles. The van der Waals surface area contributed by atoms with E-state index in [2.05, 4.69) is 27.8 Å². The predicted octanol–water partition coefficient (Wildman–Crippen LogP) is 2.00. The van der Waals surface area contributed by atoms with Gasteiger partial charge in [0, 0.05) is 5.75 Å². The van der Waals surface area contributed by atoms with Crippen molar-refractivity contribution in [2.24, 2.45) is 5.41 Å². The first-order valence-electron chi connectivity index (χ1n) is 4.44. The Morgan fingerprint density at radius 1 is 1.62 bits per heavy atom. The van der Waals surface area contributed by atoms with Crippen molar-refractivity contribution in [1.82, 2.24) is 15.2 Å². The first kappa shape index (κ1) is 9.40. The summed E-state index contributed by atoms with van der Waals surface area (Å²) < 4.78 is 0. The van der Waals surface area contributed by atoms with Crippen LogP contribution >= 0.6 is 24.4 Å². The Balaban J connectivity index is 1.84. The van der Waals surface area contributed by atoms with Crippen molar-refractivity contribution in [3.05, 3.63) is 6.33 Å². The van der Waals surface area contributed by atoms with E-state index in [0.717, 1.165) is 16.7 Å². The molecule has 1 saturated carbocycles. The summed E-state index contributed by atoms with van der Waals surface area (Å²) in [6.45, 7) is 0. The molecule has 0 bridgehead atoms. The molecule has 5 heteroatoms. The summed E-state index contributed by atoms with van der Waals surface area (Å²) in [7, 11) is 0. The maximum Gasteiger partial charge on any atom is 0.183 e. The van der Waals surface area contributed by atoms with Crippen molar-refractivity contribution in [1.29, 1.82) is 0 Å². The van der Waals surface area contributed by atoms with Crippen molar-refractivity contribution in [2.75, 3.05) is 11.5 Å². The number of nitrogens with one attached hydrogen (secondary N) is 1. The Morgan fingerprint density at radius 3 is 2.92 bits per heavy atom. The largest absolute Gasteiger partial charge is 0.254 e. The monoisotopic (exact) mass is 215 g/mol. The molecule has 2 rings (SSSR count). The highest BCUT2D eigenvalue weighted by Crippen LogP contribution is 2.44. The normalized spacial score (nSPS) is 19.8. The standard InChI is InChI=1S/C8H13N3S2/c12-4-8(2-1-3-8)5-13-7-9-6-10-11-7/h6,12H,1-5H2,(H,9,10,11). The fourth-order valence-electron chi connectivity index (χ4n) is 1.51. The molecule has 1 aliphatic carbocycles. The minimum atomic E-state index is 0.473. The average Bonchev–Trinajstić information content (AvgIpc) is 2.56. The quantitative estimate of drug-likeness (QED) is 0.596. The van der Waals surface area contributed by atoms with Gasteiger partial charge in [-0.1, -0.05) is 18.2 Å². The van der Waals surface area contributed by atoms with E-state index < -0.39 is 0 Å². The zero-order chi connectivity index (χ0) is 9.15. The van der Waals surface area contributed by atoms with Crippen LogP contribution in [0, 0.1) is 5.41 Å². The fourth-order valence-corrected chi connectivity index (χ4v) is 3.16. The molecule has 0 spiro atoms. The molecule has 1 fully saturated rings. The minimum absolute atomic E-state index is 0.473. The van der Waals surface area contributed by atoms with Gasteiger partial charge in [0.1, 0.15) is 6.33 Å². The van der Waals surface area contributed by atoms with E-state index in [9.17, 15) is 0 Å². The van der Waals surface area contributed by atoms with Gasteiger partial charge in [-0.15, -0.1) is 0 Å². The summed E-state index contributed by atoms with van der Waals surface area (Å²) in [5.74, 6) is 2.11. The van der Waals surface area contributed by atoms with E-state index >= 15 is 0 Å². The molecule has 0 atom stereocenters. The first-order chi connectivity index (χ1) is 6.35. The molecule has 1 N–H and O–H groups in total. The predicted molar refractivity (Wildman–Crippen MR) is 57.2 cm³/mol. The lowest BCUT2D eigenvalue weighted by molar-refractivity contribution is 0.205. The third-order valence-electron chi connectivity index (χ3n) is 2.66. The van der Waals surface area contributed by atoms with Gasteiger partial charge in [-0.05, 0) is 24.0 Å². The number of nitrogens with zero attached hydrogens (tertiary/aromatic N) is 2. The van der Waals surface area contributed by atoms with Crippen LogP contribution in [0.2, 0.25) is 0 Å². The van der Waals surface area contributed by atoms with Crippen molar-refractivity contribution in [3.63, 3.8) is 0 Å². The van der Waals surface area contributed by atoms with Crippen molar-refractivity contribution in [2.45, 2.75) is 24.4 Å². The fraction of sp³-hybridized carbons (Fsp3) is 0.750. The van der Waals surface area contributed by atoms with Crippen molar-refractivity contribution in [3.8, 4) is 0 Å². The maximum absolute atomic E-state index is 4.40. The summed E-state index contributed by atoms with van der Waals surface area (Å²) in [5.41, 5.74) is 0.473. The third kappa shape index (κ3) is 2.02. The second kappa shape index (κ2) is 3.92. The summed E-state index contributed by atoms with van der Waals surface area (Å²) in [6.07, 6.45) is 5.54. The Bertz CT molecular complexity index is 251. The topological polar surface area (TPSA) is 41.6 Å². The van der Waals surface area contributed by atoms with E-state index in [0.29, 0.717) is 5.41 Å². The lowest BCUT2D eigenvalue weighted by atomic mass is 9.72. The van der Waals surface area contributed by atoms with E-state index in [1.54, 1.807) is 18.1 Å². The van der Waals surface area contributed by atoms with Crippen molar-refractivity contribution >= 4 is 24.4 Å². The smallest absolute Gasteiger partial charge is 0.183 e. The number of aromatic amines is 1. The van der Waals surface area contributed by atoms with Crippen LogP contribution in [0.5, 0.6) is 0 Å². The van der Waals surface area contributed by atoms with E-state index in [1.807, 2.05) is 0 Å². The summed E-state index contributed by atoms with van der Waals surface area (Å²) in [4.78, 5) is 4.08. The zero-order valence-electron chi connectivity index (χ0n) is 7.36. The Morgan fingerprint density at radius 2 is 2.46 bits per heavy atom. The van der Waals surface area contributed by atoms with Crippen LogP contribution in [0.1, 0.15) is 19.3 Å². The molecule has 3 nitrogen and oxygen atoms in total. The van der Waals surface area contributed by atoms with Crippen LogP contribution in [-0.2, 0) is 0 Å². The molecule has 13 heavy (non-hydrogen) atoms. The molecule has 0 radical (unpaired) electrons. The van der Waals surface area contributed by atoms with E-state index in [1.165, 1.54) is 19.3 Å². The van der Waals surface area contributed by atoms with Gasteiger partial charge in [0.05, 0.1) is 0 Å². The van der Waals surface area contributed by atoms with Crippen LogP contribution < -0.4 is 0 Å². The number of aromatic nitrogens is 3.